The van der Waals surface area contributed by atoms with E-state index in [9.17, 15) is 17.6 Å². The lowest BCUT2D eigenvalue weighted by Gasteiger charge is -2.12. The number of hydrogen-bond acceptors (Lipinski definition) is 3. The molecule has 1 saturated heterocycles. The number of thioether (sulfide) groups is 1. The Morgan fingerprint density at radius 1 is 1.18 bits per heavy atom. The molecule has 94 valence electrons. The van der Waals surface area contributed by atoms with E-state index in [1.807, 2.05) is 0 Å². The lowest BCUT2D eigenvalue weighted by molar-refractivity contribution is 0.410. The van der Waals surface area contributed by atoms with Crippen molar-refractivity contribution in [1.82, 2.24) is 4.98 Å². The van der Waals surface area contributed by atoms with Gasteiger partial charge in [-0.2, -0.15) is 34.3 Å². The van der Waals surface area contributed by atoms with E-state index in [0.717, 1.165) is 17.9 Å². The number of hydrogen-bond donors (Lipinski definition) is 1. The second kappa shape index (κ2) is 5.12. The second-order valence-electron chi connectivity index (χ2n) is 3.81. The highest BCUT2D eigenvalue weighted by Crippen LogP contribution is 2.26. The van der Waals surface area contributed by atoms with Gasteiger partial charge in [-0.25, -0.2) is 0 Å². The highest BCUT2D eigenvalue weighted by molar-refractivity contribution is 7.99. The first-order chi connectivity index (χ1) is 8.09. The quantitative estimate of drug-likeness (QED) is 0.672. The third-order valence-corrected chi connectivity index (χ3v) is 3.82. The Hall–Kier alpha value is -0.980. The van der Waals surface area contributed by atoms with Gasteiger partial charge in [-0.3, -0.25) is 0 Å². The zero-order chi connectivity index (χ0) is 12.4. The summed E-state index contributed by atoms with van der Waals surface area (Å²) in [7, 11) is 0. The van der Waals surface area contributed by atoms with Crippen LogP contribution in [0.2, 0.25) is 0 Å². The van der Waals surface area contributed by atoms with Gasteiger partial charge < -0.3 is 5.32 Å². The molecule has 1 aliphatic rings. The molecule has 1 aromatic rings. The lowest BCUT2D eigenvalue weighted by atomic mass is 10.1. The van der Waals surface area contributed by atoms with Crippen molar-refractivity contribution >= 4 is 17.4 Å². The first-order valence-electron chi connectivity index (χ1n) is 5.11. The van der Waals surface area contributed by atoms with Crippen LogP contribution < -0.4 is 5.32 Å². The van der Waals surface area contributed by atoms with E-state index >= 15 is 0 Å². The molecular formula is C10H10F4N2S. The molecule has 0 spiro atoms. The van der Waals surface area contributed by atoms with Crippen LogP contribution in [0.3, 0.4) is 0 Å². The van der Waals surface area contributed by atoms with E-state index in [-0.39, 0.29) is 5.92 Å². The van der Waals surface area contributed by atoms with Gasteiger partial charge in [0, 0.05) is 6.54 Å². The van der Waals surface area contributed by atoms with Gasteiger partial charge in [0.25, 0.3) is 11.9 Å². The van der Waals surface area contributed by atoms with Gasteiger partial charge in [0.1, 0.15) is 5.69 Å². The maximum atomic E-state index is 13.2. The fourth-order valence-corrected chi connectivity index (χ4v) is 2.92. The first kappa shape index (κ1) is 12.5. The average molecular weight is 266 g/mol. The Labute approximate surface area is 99.8 Å². The summed E-state index contributed by atoms with van der Waals surface area (Å²) in [5.74, 6) is -4.08. The minimum Gasteiger partial charge on any atom is -0.380 e. The molecule has 2 heterocycles. The van der Waals surface area contributed by atoms with Gasteiger partial charge in [-0.15, -0.1) is 0 Å². The summed E-state index contributed by atoms with van der Waals surface area (Å²) in [4.78, 5) is 2.49. The van der Waals surface area contributed by atoms with Crippen LogP contribution in [0, 0.1) is 29.4 Å². The summed E-state index contributed by atoms with van der Waals surface area (Å²) in [6.07, 6.45) is 0.928. The van der Waals surface area contributed by atoms with Gasteiger partial charge >= 0.3 is 0 Å². The van der Waals surface area contributed by atoms with Gasteiger partial charge in [0.2, 0.25) is 11.6 Å². The summed E-state index contributed by atoms with van der Waals surface area (Å²) >= 11 is 1.74. The predicted molar refractivity (Wildman–Crippen MR) is 58.0 cm³/mol. The van der Waals surface area contributed by atoms with E-state index in [1.165, 1.54) is 0 Å². The summed E-state index contributed by atoms with van der Waals surface area (Å²) in [5.41, 5.74) is -0.771. The van der Waals surface area contributed by atoms with E-state index in [4.69, 9.17) is 0 Å². The number of halogens is 4. The third-order valence-electron chi connectivity index (χ3n) is 2.59. The maximum absolute atomic E-state index is 13.2. The fourth-order valence-electron chi connectivity index (χ4n) is 1.63. The van der Waals surface area contributed by atoms with Crippen molar-refractivity contribution in [2.75, 3.05) is 23.4 Å². The normalized spacial score (nSPS) is 19.6. The molecule has 0 saturated carbocycles. The zero-order valence-electron chi connectivity index (χ0n) is 8.77. The Balaban J connectivity index is 2.13. The van der Waals surface area contributed by atoms with Crippen LogP contribution in [0.4, 0.5) is 23.2 Å². The van der Waals surface area contributed by atoms with Gasteiger partial charge in [-0.05, 0) is 23.8 Å². The summed E-state index contributed by atoms with van der Waals surface area (Å²) in [6, 6.07) is 0. The van der Waals surface area contributed by atoms with Gasteiger partial charge in [0.15, 0.2) is 0 Å². The Morgan fingerprint density at radius 2 is 1.82 bits per heavy atom. The topological polar surface area (TPSA) is 24.9 Å². The van der Waals surface area contributed by atoms with E-state index in [1.54, 1.807) is 11.8 Å². The van der Waals surface area contributed by atoms with Crippen LogP contribution >= 0.6 is 11.8 Å². The van der Waals surface area contributed by atoms with Crippen molar-refractivity contribution in [3.63, 3.8) is 0 Å². The van der Waals surface area contributed by atoms with Crippen LogP contribution in [0.1, 0.15) is 6.42 Å². The van der Waals surface area contributed by atoms with E-state index < -0.39 is 29.2 Å². The molecule has 2 rings (SSSR count). The number of pyridine rings is 1. The lowest BCUT2D eigenvalue weighted by Crippen LogP contribution is -2.17. The molecule has 1 fully saturated rings. The Morgan fingerprint density at radius 3 is 2.35 bits per heavy atom. The fraction of sp³-hybridized carbons (Fsp3) is 0.500. The molecule has 1 unspecified atom stereocenters. The van der Waals surface area contributed by atoms with Crippen LogP contribution in [0.5, 0.6) is 0 Å². The average Bonchev–Trinajstić information content (AvgIpc) is 2.79. The van der Waals surface area contributed by atoms with Crippen molar-refractivity contribution in [2.24, 2.45) is 5.92 Å². The number of rotatable bonds is 3. The number of nitrogens with one attached hydrogen (secondary N) is 1. The molecule has 0 aromatic carbocycles. The highest BCUT2D eigenvalue weighted by atomic mass is 32.2. The van der Waals surface area contributed by atoms with Crippen LogP contribution in [-0.2, 0) is 0 Å². The molecule has 0 aliphatic carbocycles. The van der Waals surface area contributed by atoms with Gasteiger partial charge in [-0.1, -0.05) is 0 Å². The van der Waals surface area contributed by atoms with Crippen molar-refractivity contribution in [3.8, 4) is 0 Å². The number of anilines is 1. The molecule has 0 bridgehead atoms. The first-order valence-corrected chi connectivity index (χ1v) is 6.26. The number of nitrogens with zero attached hydrogens (tertiary/aromatic N) is 1. The molecule has 2 nitrogen and oxygen atoms in total. The molecule has 0 radical (unpaired) electrons. The van der Waals surface area contributed by atoms with Crippen molar-refractivity contribution in [3.05, 3.63) is 23.5 Å². The van der Waals surface area contributed by atoms with E-state index in [0.29, 0.717) is 6.54 Å². The maximum Gasteiger partial charge on any atom is 0.253 e. The van der Waals surface area contributed by atoms with Crippen LogP contribution in [0.25, 0.3) is 0 Å². The molecule has 0 amide bonds. The minimum absolute atomic E-state index is 0.262. The largest absolute Gasteiger partial charge is 0.380 e. The van der Waals surface area contributed by atoms with E-state index in [2.05, 4.69) is 10.3 Å². The SMILES string of the molecule is Fc1nc(F)c(F)c(NCC2CCSC2)c1F. The number of aromatic nitrogens is 1. The Kier molecular flexibility index (Phi) is 3.76. The van der Waals surface area contributed by atoms with Crippen LogP contribution in [0.15, 0.2) is 0 Å². The monoisotopic (exact) mass is 266 g/mol. The minimum atomic E-state index is -1.63. The smallest absolute Gasteiger partial charge is 0.253 e. The molecule has 1 aromatic heterocycles. The molecular weight excluding hydrogens is 256 g/mol. The standard InChI is InChI=1S/C10H10F4N2S/c11-6-8(7(12)10(14)16-9(6)13)15-3-5-1-2-17-4-5/h5H,1-4H2,(H,15,16). The predicted octanol–water partition coefficient (Wildman–Crippen LogP) is 2.80. The summed E-state index contributed by atoms with van der Waals surface area (Å²) in [5, 5.41) is 2.42. The molecule has 1 atom stereocenters. The second-order valence-corrected chi connectivity index (χ2v) is 4.96. The van der Waals surface area contributed by atoms with Crippen molar-refractivity contribution in [2.45, 2.75) is 6.42 Å². The third kappa shape index (κ3) is 2.65. The van der Waals surface area contributed by atoms with Crippen LogP contribution in [-0.4, -0.2) is 23.0 Å². The summed E-state index contributed by atoms with van der Waals surface area (Å²) < 4.78 is 52.0. The van der Waals surface area contributed by atoms with Gasteiger partial charge in [0.05, 0.1) is 0 Å². The van der Waals surface area contributed by atoms with Crippen molar-refractivity contribution in [1.29, 1.82) is 0 Å². The van der Waals surface area contributed by atoms with Crippen molar-refractivity contribution < 1.29 is 17.6 Å². The zero-order valence-corrected chi connectivity index (χ0v) is 9.59. The Bertz CT molecular complexity index is 395. The molecule has 17 heavy (non-hydrogen) atoms. The molecule has 1 aliphatic heterocycles. The molecule has 1 N–H and O–H groups in total. The molecule has 7 heteroatoms. The summed E-state index contributed by atoms with van der Waals surface area (Å²) in [6.45, 7) is 0.295. The highest BCUT2D eigenvalue weighted by Gasteiger charge is 2.22.